The molecule has 0 saturated heterocycles. The number of hydrogen-bond acceptors (Lipinski definition) is 5. The van der Waals surface area contributed by atoms with Crippen LogP contribution in [0.15, 0.2) is 150 Å². The van der Waals surface area contributed by atoms with Crippen molar-refractivity contribution in [1.29, 1.82) is 0 Å². The number of ether oxygens (including phenoxy) is 1. The van der Waals surface area contributed by atoms with Crippen LogP contribution in [0.25, 0.3) is 49.4 Å². The van der Waals surface area contributed by atoms with E-state index in [0.29, 0.717) is 17.2 Å². The number of rotatable bonds is 6. The molecule has 5 aromatic carbocycles. The van der Waals surface area contributed by atoms with Gasteiger partial charge >= 0.3 is 21.1 Å². The minimum atomic E-state index is 0. The van der Waals surface area contributed by atoms with Crippen LogP contribution < -0.4 is 9.64 Å². The van der Waals surface area contributed by atoms with Gasteiger partial charge in [0.15, 0.2) is 0 Å². The van der Waals surface area contributed by atoms with Gasteiger partial charge in [0.2, 0.25) is 5.88 Å². The summed E-state index contributed by atoms with van der Waals surface area (Å²) in [6.45, 7) is 0. The number of pyridine rings is 2. The average molecular weight is 788 g/mol. The molecular formula is C40H24N4O2Pt. The molecule has 0 amide bonds. The molecule has 4 heterocycles. The average Bonchev–Trinajstić information content (AvgIpc) is 3.65. The molecule has 0 atom stereocenters. The van der Waals surface area contributed by atoms with Gasteiger partial charge in [-0.25, -0.2) is 9.97 Å². The van der Waals surface area contributed by atoms with Gasteiger partial charge in [0.1, 0.15) is 11.4 Å². The van der Waals surface area contributed by atoms with E-state index in [1.807, 2.05) is 91.0 Å². The minimum Gasteiger partial charge on any atom is -0.483 e. The molecule has 0 spiro atoms. The summed E-state index contributed by atoms with van der Waals surface area (Å²) in [7, 11) is 0. The molecule has 0 N–H and O–H groups in total. The van der Waals surface area contributed by atoms with Crippen LogP contribution in [-0.2, 0) is 21.1 Å². The van der Waals surface area contributed by atoms with Crippen LogP contribution in [0.4, 0.5) is 17.2 Å². The fourth-order valence-electron chi connectivity index (χ4n) is 6.17. The Morgan fingerprint density at radius 1 is 0.638 bits per heavy atom. The predicted octanol–water partition coefficient (Wildman–Crippen LogP) is 10.3. The molecule has 0 unspecified atom stereocenters. The van der Waals surface area contributed by atoms with Crippen LogP contribution in [0.2, 0.25) is 0 Å². The molecule has 7 heteroatoms. The molecule has 0 saturated carbocycles. The van der Waals surface area contributed by atoms with Crippen molar-refractivity contribution in [3.05, 3.63) is 158 Å². The summed E-state index contributed by atoms with van der Waals surface area (Å²) >= 11 is 0. The van der Waals surface area contributed by atoms with Crippen LogP contribution in [0.3, 0.4) is 0 Å². The Morgan fingerprint density at radius 3 is 2.19 bits per heavy atom. The maximum Gasteiger partial charge on any atom is 2.00 e. The first-order chi connectivity index (χ1) is 22.8. The first-order valence-electron chi connectivity index (χ1n) is 15.0. The van der Waals surface area contributed by atoms with Gasteiger partial charge in [0.25, 0.3) is 0 Å². The summed E-state index contributed by atoms with van der Waals surface area (Å²) in [6, 6.07) is 51.8. The quantitative estimate of drug-likeness (QED) is 0.157. The van der Waals surface area contributed by atoms with E-state index in [9.17, 15) is 0 Å². The normalized spacial score (nSPS) is 11.2. The fraction of sp³-hybridized carbons (Fsp3) is 0. The Labute approximate surface area is 284 Å². The Morgan fingerprint density at radius 2 is 1.38 bits per heavy atom. The van der Waals surface area contributed by atoms with Crippen LogP contribution in [0.1, 0.15) is 0 Å². The number of hydrogen-bond donors (Lipinski definition) is 0. The third kappa shape index (κ3) is 4.94. The zero-order chi connectivity index (χ0) is 30.5. The first kappa shape index (κ1) is 28.7. The second-order valence-electron chi connectivity index (χ2n) is 10.9. The van der Waals surface area contributed by atoms with Crippen molar-refractivity contribution in [1.82, 2.24) is 14.5 Å². The number of benzene rings is 5. The smallest absolute Gasteiger partial charge is 0.483 e. The molecule has 0 fully saturated rings. The molecule has 47 heavy (non-hydrogen) atoms. The third-order valence-corrected chi connectivity index (χ3v) is 8.15. The monoisotopic (exact) mass is 787 g/mol. The number of furan rings is 1. The molecule has 0 aliphatic rings. The molecule has 0 aliphatic carbocycles. The molecule has 226 valence electrons. The van der Waals surface area contributed by atoms with E-state index < -0.39 is 0 Å². The van der Waals surface area contributed by atoms with Gasteiger partial charge in [-0.2, -0.15) is 6.07 Å². The van der Waals surface area contributed by atoms with Gasteiger partial charge in [-0.3, -0.25) is 0 Å². The number of para-hydroxylation sites is 3. The van der Waals surface area contributed by atoms with Crippen LogP contribution in [0, 0.1) is 12.1 Å². The molecule has 6 nitrogen and oxygen atoms in total. The molecular weight excluding hydrogens is 764 g/mol. The second-order valence-corrected chi connectivity index (χ2v) is 10.9. The summed E-state index contributed by atoms with van der Waals surface area (Å²) in [4.78, 5) is 11.2. The fourth-order valence-corrected chi connectivity index (χ4v) is 6.17. The Bertz CT molecular complexity index is 2470. The van der Waals surface area contributed by atoms with E-state index in [1.165, 1.54) is 0 Å². The van der Waals surface area contributed by atoms with Gasteiger partial charge in [-0.05, 0) is 58.6 Å². The number of fused-ring (bicyclic) bond motifs is 6. The molecule has 4 aromatic heterocycles. The zero-order valence-electron chi connectivity index (χ0n) is 24.8. The van der Waals surface area contributed by atoms with E-state index in [2.05, 4.69) is 69.0 Å². The number of anilines is 3. The predicted molar refractivity (Wildman–Crippen MR) is 183 cm³/mol. The molecule has 9 rings (SSSR count). The summed E-state index contributed by atoms with van der Waals surface area (Å²) in [6.07, 6.45) is 3.52. The van der Waals surface area contributed by atoms with Crippen LogP contribution in [0.5, 0.6) is 11.6 Å². The number of nitrogens with zero attached hydrogens (tertiary/aromatic N) is 4. The van der Waals surface area contributed by atoms with Gasteiger partial charge in [-0.15, -0.1) is 29.7 Å². The summed E-state index contributed by atoms with van der Waals surface area (Å²) in [5.41, 5.74) is 6.00. The van der Waals surface area contributed by atoms with Crippen molar-refractivity contribution in [3.63, 3.8) is 0 Å². The molecule has 0 bridgehead atoms. The summed E-state index contributed by atoms with van der Waals surface area (Å²) in [5, 5.41) is 3.98. The van der Waals surface area contributed by atoms with Gasteiger partial charge in [0, 0.05) is 41.0 Å². The molecule has 0 radical (unpaired) electrons. The topological polar surface area (TPSA) is 56.3 Å². The van der Waals surface area contributed by atoms with Crippen molar-refractivity contribution >= 4 is 60.9 Å². The standard InChI is InChI=1S/C40H24N4O2.Pt/c1-2-12-27(13-3-1)43(38-18-8-10-22-41-38)28-20-21-31-30-14-4-6-16-33(30)44(34(31)24-28)29-25-36-40(32-15-5-7-17-35(32)45-36)37(26-29)46-39-19-9-11-23-42-39;/h1-23,25H;/q-2;+2. The number of aromatic nitrogens is 3. The SMILES string of the molecule is [Pt+2].[c-]1c(-n2c3[c-]c(N(c4ccccc4)c4ccccn4)ccc3c3ccccc32)cc2oc3ccccc3c2c1Oc1ccccn1. The molecule has 9 aromatic rings. The van der Waals surface area contributed by atoms with Crippen LogP contribution in [-0.4, -0.2) is 14.5 Å². The Hall–Kier alpha value is -5.71. The van der Waals surface area contributed by atoms with Gasteiger partial charge in [0.05, 0.1) is 0 Å². The second kappa shape index (κ2) is 11.9. The van der Waals surface area contributed by atoms with Gasteiger partial charge in [-0.1, -0.05) is 83.6 Å². The van der Waals surface area contributed by atoms with E-state index >= 15 is 0 Å². The largest absolute Gasteiger partial charge is 2.00 e. The maximum absolute atomic E-state index is 6.43. The minimum absolute atomic E-state index is 0. The maximum atomic E-state index is 6.43. The Kier molecular flexibility index (Phi) is 7.28. The molecule has 0 aliphatic heterocycles. The van der Waals surface area contributed by atoms with Gasteiger partial charge < -0.3 is 18.6 Å². The summed E-state index contributed by atoms with van der Waals surface area (Å²) in [5.74, 6) is 1.82. The van der Waals surface area contributed by atoms with E-state index in [0.717, 1.165) is 61.0 Å². The van der Waals surface area contributed by atoms with Crippen molar-refractivity contribution in [2.24, 2.45) is 0 Å². The Balaban J connectivity index is 0.00000324. The first-order valence-corrected chi connectivity index (χ1v) is 15.0. The van der Waals surface area contributed by atoms with Crippen molar-refractivity contribution in [2.45, 2.75) is 0 Å². The van der Waals surface area contributed by atoms with E-state index in [1.54, 1.807) is 12.4 Å². The zero-order valence-corrected chi connectivity index (χ0v) is 27.1. The third-order valence-electron chi connectivity index (χ3n) is 8.15. The van der Waals surface area contributed by atoms with E-state index in [4.69, 9.17) is 14.1 Å². The summed E-state index contributed by atoms with van der Waals surface area (Å²) < 4.78 is 15.0. The van der Waals surface area contributed by atoms with Crippen LogP contribution >= 0.6 is 0 Å². The van der Waals surface area contributed by atoms with E-state index in [-0.39, 0.29) is 21.1 Å². The van der Waals surface area contributed by atoms with Crippen molar-refractivity contribution < 1.29 is 30.2 Å². The van der Waals surface area contributed by atoms with Crippen molar-refractivity contribution in [2.75, 3.05) is 4.90 Å². The van der Waals surface area contributed by atoms with Crippen molar-refractivity contribution in [3.8, 4) is 17.3 Å².